The lowest BCUT2D eigenvalue weighted by Crippen LogP contribution is -2.48. The molecule has 0 saturated carbocycles. The summed E-state index contributed by atoms with van der Waals surface area (Å²) in [5.74, 6) is 3.29. The van der Waals surface area contributed by atoms with E-state index in [-0.39, 0.29) is 12.0 Å². The Morgan fingerprint density at radius 3 is 2.90 bits per heavy atom. The zero-order valence-electron chi connectivity index (χ0n) is 12.3. The van der Waals surface area contributed by atoms with E-state index in [0.717, 1.165) is 51.3 Å². The fraction of sp³-hybridized carbons (Fsp3) is 0.933. The molecule has 3 aliphatic heterocycles. The van der Waals surface area contributed by atoms with E-state index in [9.17, 15) is 4.79 Å². The number of carbonyl (C=O) groups excluding carboxylic acids is 1. The smallest absolute Gasteiger partial charge is 0.227 e. The Hall–Kier alpha value is -0.260. The molecule has 0 aromatic heterocycles. The molecule has 0 aliphatic carbocycles. The molecule has 3 fully saturated rings. The Morgan fingerprint density at radius 2 is 2.30 bits per heavy atom. The third kappa shape index (κ3) is 3.15. The van der Waals surface area contributed by atoms with Crippen molar-refractivity contribution in [2.75, 3.05) is 37.7 Å². The fourth-order valence-corrected chi connectivity index (χ4v) is 4.77. The largest absolute Gasteiger partial charge is 0.376 e. The van der Waals surface area contributed by atoms with Crippen LogP contribution >= 0.6 is 11.8 Å². The summed E-state index contributed by atoms with van der Waals surface area (Å²) in [4.78, 5) is 15.1. The summed E-state index contributed by atoms with van der Waals surface area (Å²) in [7, 11) is 0. The number of hydrogen-bond donors (Lipinski definition) is 1. The topological polar surface area (TPSA) is 41.6 Å². The van der Waals surface area contributed by atoms with Gasteiger partial charge in [-0.15, -0.1) is 0 Å². The Labute approximate surface area is 126 Å². The maximum Gasteiger partial charge on any atom is 0.227 e. The number of rotatable bonds is 4. The van der Waals surface area contributed by atoms with Gasteiger partial charge in [-0.2, -0.15) is 11.8 Å². The summed E-state index contributed by atoms with van der Waals surface area (Å²) in [6.07, 6.45) is 3.68. The zero-order chi connectivity index (χ0) is 13.9. The second-order valence-electron chi connectivity index (χ2n) is 6.39. The second kappa shape index (κ2) is 6.67. The van der Waals surface area contributed by atoms with Crippen molar-refractivity contribution in [2.24, 2.45) is 11.8 Å². The highest BCUT2D eigenvalue weighted by Gasteiger charge is 2.37. The molecule has 3 heterocycles. The van der Waals surface area contributed by atoms with Gasteiger partial charge < -0.3 is 15.0 Å². The minimum atomic E-state index is 0.169. The maximum atomic E-state index is 13.0. The molecule has 0 radical (unpaired) electrons. The highest BCUT2D eigenvalue weighted by atomic mass is 32.2. The summed E-state index contributed by atoms with van der Waals surface area (Å²) >= 11 is 1.98. The molecule has 20 heavy (non-hydrogen) atoms. The van der Waals surface area contributed by atoms with Gasteiger partial charge in [0.2, 0.25) is 5.91 Å². The molecule has 1 amide bonds. The normalized spacial score (nSPS) is 37.5. The summed E-state index contributed by atoms with van der Waals surface area (Å²) < 4.78 is 5.77. The summed E-state index contributed by atoms with van der Waals surface area (Å²) in [5.41, 5.74) is 0. The van der Waals surface area contributed by atoms with Gasteiger partial charge in [-0.3, -0.25) is 4.79 Å². The third-order valence-electron chi connectivity index (χ3n) is 4.89. The lowest BCUT2D eigenvalue weighted by molar-refractivity contribution is -0.139. The van der Waals surface area contributed by atoms with Gasteiger partial charge in [0.1, 0.15) is 0 Å². The molecule has 0 aromatic rings. The summed E-state index contributed by atoms with van der Waals surface area (Å²) in [5, 5.41) is 3.36. The van der Waals surface area contributed by atoms with Crippen molar-refractivity contribution < 1.29 is 9.53 Å². The van der Waals surface area contributed by atoms with Crippen molar-refractivity contribution in [2.45, 2.75) is 38.3 Å². The molecule has 4 nitrogen and oxygen atoms in total. The predicted octanol–water partition coefficient (Wildman–Crippen LogP) is 1.35. The molecule has 114 valence electrons. The SMILES string of the molecule is C[C@@H]1CNC[C@H]1C(=O)N(CC1CCCO1)C1CCSC1. The van der Waals surface area contributed by atoms with Crippen molar-refractivity contribution in [3.8, 4) is 0 Å². The number of thioether (sulfide) groups is 1. The molecule has 0 bridgehead atoms. The molecule has 5 heteroatoms. The van der Waals surface area contributed by atoms with Gasteiger partial charge in [0.25, 0.3) is 0 Å². The lowest BCUT2D eigenvalue weighted by Gasteiger charge is -2.33. The first-order valence-corrected chi connectivity index (χ1v) is 9.11. The van der Waals surface area contributed by atoms with Crippen LogP contribution in [0.5, 0.6) is 0 Å². The van der Waals surface area contributed by atoms with Gasteiger partial charge in [0.05, 0.1) is 12.0 Å². The molecule has 2 unspecified atom stereocenters. The van der Waals surface area contributed by atoms with Crippen LogP contribution in [0, 0.1) is 11.8 Å². The van der Waals surface area contributed by atoms with E-state index in [1.165, 1.54) is 5.75 Å². The van der Waals surface area contributed by atoms with Gasteiger partial charge in [0, 0.05) is 31.5 Å². The van der Waals surface area contributed by atoms with E-state index < -0.39 is 0 Å². The van der Waals surface area contributed by atoms with Gasteiger partial charge in [-0.25, -0.2) is 0 Å². The van der Waals surface area contributed by atoms with Gasteiger partial charge in [0.15, 0.2) is 0 Å². The molecule has 3 aliphatic rings. The molecule has 4 atom stereocenters. The summed E-state index contributed by atoms with van der Waals surface area (Å²) in [6, 6.07) is 0.435. The first-order chi connectivity index (χ1) is 9.75. The third-order valence-corrected chi connectivity index (χ3v) is 6.03. The van der Waals surface area contributed by atoms with Crippen LogP contribution in [0.4, 0.5) is 0 Å². The Morgan fingerprint density at radius 1 is 1.40 bits per heavy atom. The molecular formula is C15H26N2O2S. The van der Waals surface area contributed by atoms with Crippen LogP contribution in [0.1, 0.15) is 26.2 Å². The quantitative estimate of drug-likeness (QED) is 0.851. The van der Waals surface area contributed by atoms with Crippen molar-refractivity contribution in [1.29, 1.82) is 0 Å². The minimum absolute atomic E-state index is 0.169. The molecule has 3 saturated heterocycles. The molecule has 1 N–H and O–H groups in total. The van der Waals surface area contributed by atoms with E-state index in [1.54, 1.807) is 0 Å². The Balaban J connectivity index is 1.68. The monoisotopic (exact) mass is 298 g/mol. The number of hydrogen-bond acceptors (Lipinski definition) is 4. The first-order valence-electron chi connectivity index (χ1n) is 7.96. The van der Waals surface area contributed by atoms with E-state index in [4.69, 9.17) is 4.74 Å². The molecule has 0 aromatic carbocycles. The Bertz CT molecular complexity index is 341. The highest BCUT2D eigenvalue weighted by Crippen LogP contribution is 2.28. The van der Waals surface area contributed by atoms with Gasteiger partial charge in [-0.1, -0.05) is 6.92 Å². The van der Waals surface area contributed by atoms with E-state index in [1.807, 2.05) is 11.8 Å². The predicted molar refractivity (Wildman–Crippen MR) is 81.9 cm³/mol. The lowest BCUT2D eigenvalue weighted by atomic mass is 9.95. The first kappa shape index (κ1) is 14.7. The van der Waals surface area contributed by atoms with Crippen LogP contribution in [-0.4, -0.2) is 60.7 Å². The van der Waals surface area contributed by atoms with Crippen LogP contribution in [0.25, 0.3) is 0 Å². The van der Waals surface area contributed by atoms with E-state index >= 15 is 0 Å². The second-order valence-corrected chi connectivity index (χ2v) is 7.53. The van der Waals surface area contributed by atoms with Gasteiger partial charge in [-0.05, 0) is 37.5 Å². The van der Waals surface area contributed by atoms with Crippen molar-refractivity contribution in [1.82, 2.24) is 10.2 Å². The molecule has 3 rings (SSSR count). The van der Waals surface area contributed by atoms with Crippen LogP contribution in [-0.2, 0) is 9.53 Å². The average Bonchev–Trinajstić information content (AvgIpc) is 3.17. The fourth-order valence-electron chi connectivity index (χ4n) is 3.55. The van der Waals surface area contributed by atoms with Crippen LogP contribution in [0.15, 0.2) is 0 Å². The average molecular weight is 298 g/mol. The standard InChI is InChI=1S/C15H26N2O2S/c1-11-7-16-8-14(11)15(18)17(12-4-6-20-10-12)9-13-3-2-5-19-13/h11-14,16H,2-10H2,1H3/t11-,12?,13?,14-/m1/s1. The number of ether oxygens (including phenoxy) is 1. The number of carbonyl (C=O) groups is 1. The van der Waals surface area contributed by atoms with Crippen molar-refractivity contribution >= 4 is 17.7 Å². The highest BCUT2D eigenvalue weighted by molar-refractivity contribution is 7.99. The number of nitrogens with one attached hydrogen (secondary N) is 1. The van der Waals surface area contributed by atoms with Gasteiger partial charge >= 0.3 is 0 Å². The maximum absolute atomic E-state index is 13.0. The summed E-state index contributed by atoms with van der Waals surface area (Å²) in [6.45, 7) is 5.70. The van der Waals surface area contributed by atoms with Crippen LogP contribution < -0.4 is 5.32 Å². The van der Waals surface area contributed by atoms with Crippen molar-refractivity contribution in [3.05, 3.63) is 0 Å². The molecule has 0 spiro atoms. The number of nitrogens with zero attached hydrogens (tertiary/aromatic N) is 1. The van der Waals surface area contributed by atoms with E-state index in [2.05, 4.69) is 17.1 Å². The van der Waals surface area contributed by atoms with Crippen LogP contribution in [0.2, 0.25) is 0 Å². The minimum Gasteiger partial charge on any atom is -0.376 e. The van der Waals surface area contributed by atoms with Crippen LogP contribution in [0.3, 0.4) is 0 Å². The number of amides is 1. The Kier molecular flexibility index (Phi) is 4.89. The zero-order valence-corrected chi connectivity index (χ0v) is 13.2. The van der Waals surface area contributed by atoms with E-state index in [0.29, 0.717) is 17.9 Å². The molecular weight excluding hydrogens is 272 g/mol. The van der Waals surface area contributed by atoms with Crippen molar-refractivity contribution in [3.63, 3.8) is 0 Å².